The van der Waals surface area contributed by atoms with E-state index < -0.39 is 0 Å². The Morgan fingerprint density at radius 1 is 1.56 bits per heavy atom. The minimum atomic E-state index is -0.155. The summed E-state index contributed by atoms with van der Waals surface area (Å²) in [7, 11) is 0. The Balaban J connectivity index is 3.34. The first-order chi connectivity index (χ1) is 4.20. The molecule has 1 N–H and O–H groups in total. The van der Waals surface area contributed by atoms with Crippen molar-refractivity contribution in [1.82, 2.24) is 4.98 Å². The summed E-state index contributed by atoms with van der Waals surface area (Å²) in [5, 5.41) is 0. The van der Waals surface area contributed by atoms with E-state index in [0.29, 0.717) is 0 Å². The second-order valence-corrected chi connectivity index (χ2v) is 2.05. The van der Waals surface area contributed by atoms with Crippen LogP contribution in [0.1, 0.15) is 11.1 Å². The molecule has 2 heteroatoms. The molecule has 0 unspecified atom stereocenters. The number of aryl methyl sites for hydroxylation is 2. The SMILES string of the molecule is Cc1[c]c(=O)[nH]cc1C. The zero-order valence-electron chi connectivity index (χ0n) is 5.49. The third kappa shape index (κ3) is 1.19. The van der Waals surface area contributed by atoms with E-state index in [4.69, 9.17) is 0 Å². The van der Waals surface area contributed by atoms with Gasteiger partial charge in [0.05, 0.1) is 6.07 Å². The third-order valence-electron chi connectivity index (χ3n) is 1.31. The standard InChI is InChI=1S/C7H8NO/c1-5-3-7(9)8-4-6(5)2/h4H,1-2H3,(H,8,9). The quantitative estimate of drug-likeness (QED) is 0.542. The lowest BCUT2D eigenvalue weighted by molar-refractivity contribution is 1.15. The summed E-state index contributed by atoms with van der Waals surface area (Å²) in [5.41, 5.74) is 1.83. The van der Waals surface area contributed by atoms with E-state index in [0.717, 1.165) is 11.1 Å². The molecule has 1 heterocycles. The molecule has 0 atom stereocenters. The molecule has 0 saturated heterocycles. The zero-order chi connectivity index (χ0) is 6.85. The van der Waals surface area contributed by atoms with Crippen molar-refractivity contribution in [3.8, 4) is 0 Å². The van der Waals surface area contributed by atoms with E-state index in [9.17, 15) is 4.79 Å². The van der Waals surface area contributed by atoms with Gasteiger partial charge < -0.3 is 4.98 Å². The fourth-order valence-electron chi connectivity index (χ4n) is 0.587. The second-order valence-electron chi connectivity index (χ2n) is 2.05. The predicted octanol–water partition coefficient (Wildman–Crippen LogP) is 0.792. The number of aromatic amines is 1. The normalized spacial score (nSPS) is 9.56. The first-order valence-corrected chi connectivity index (χ1v) is 2.78. The summed E-state index contributed by atoms with van der Waals surface area (Å²) in [6, 6.07) is 2.63. The number of hydrogen-bond acceptors (Lipinski definition) is 1. The van der Waals surface area contributed by atoms with Crippen LogP contribution in [-0.2, 0) is 0 Å². The average Bonchev–Trinajstić information content (AvgIpc) is 1.80. The van der Waals surface area contributed by atoms with Gasteiger partial charge in [0.25, 0.3) is 5.56 Å². The molecule has 0 aromatic carbocycles. The molecule has 0 aliphatic heterocycles. The van der Waals surface area contributed by atoms with E-state index >= 15 is 0 Å². The Morgan fingerprint density at radius 2 is 2.22 bits per heavy atom. The van der Waals surface area contributed by atoms with Gasteiger partial charge in [0.2, 0.25) is 0 Å². The Labute approximate surface area is 53.5 Å². The molecule has 0 bridgehead atoms. The monoisotopic (exact) mass is 122 g/mol. The minimum absolute atomic E-state index is 0.155. The van der Waals surface area contributed by atoms with Crippen LogP contribution in [-0.4, -0.2) is 4.98 Å². The highest BCUT2D eigenvalue weighted by atomic mass is 16.1. The summed E-state index contributed by atoms with van der Waals surface area (Å²) < 4.78 is 0. The molecule has 1 aromatic heterocycles. The number of hydrogen-bond donors (Lipinski definition) is 1. The van der Waals surface area contributed by atoms with Crippen molar-refractivity contribution < 1.29 is 0 Å². The van der Waals surface area contributed by atoms with E-state index in [1.165, 1.54) is 0 Å². The van der Waals surface area contributed by atoms with Gasteiger partial charge >= 0.3 is 0 Å². The molecule has 0 amide bonds. The summed E-state index contributed by atoms with van der Waals surface area (Å²) >= 11 is 0. The van der Waals surface area contributed by atoms with Crippen molar-refractivity contribution in [3.05, 3.63) is 33.7 Å². The highest BCUT2D eigenvalue weighted by molar-refractivity contribution is 5.17. The lowest BCUT2D eigenvalue weighted by Crippen LogP contribution is -2.04. The largest absolute Gasteiger partial charge is 0.328 e. The van der Waals surface area contributed by atoms with Crippen molar-refractivity contribution in [2.75, 3.05) is 0 Å². The van der Waals surface area contributed by atoms with Crippen LogP contribution < -0.4 is 5.56 Å². The maximum atomic E-state index is 10.5. The Kier molecular flexibility index (Phi) is 1.39. The fraction of sp³-hybridized carbons (Fsp3) is 0.286. The maximum absolute atomic E-state index is 10.5. The smallest absolute Gasteiger partial charge is 0.256 e. The zero-order valence-corrected chi connectivity index (χ0v) is 5.49. The van der Waals surface area contributed by atoms with Crippen LogP contribution in [0.3, 0.4) is 0 Å². The van der Waals surface area contributed by atoms with E-state index in [2.05, 4.69) is 11.1 Å². The molecule has 1 aromatic rings. The summed E-state index contributed by atoms with van der Waals surface area (Å²) in [6.07, 6.45) is 1.69. The number of nitrogens with one attached hydrogen (secondary N) is 1. The van der Waals surface area contributed by atoms with Crippen molar-refractivity contribution in [3.63, 3.8) is 0 Å². The number of rotatable bonds is 0. The molecule has 9 heavy (non-hydrogen) atoms. The molecule has 1 rings (SSSR count). The highest BCUT2D eigenvalue weighted by Gasteiger charge is 1.90. The van der Waals surface area contributed by atoms with Crippen LogP contribution in [0.4, 0.5) is 0 Å². The molecule has 1 radical (unpaired) electrons. The van der Waals surface area contributed by atoms with Crippen LogP contribution in [0.15, 0.2) is 11.0 Å². The van der Waals surface area contributed by atoms with Gasteiger partial charge in [-0.1, -0.05) is 0 Å². The first kappa shape index (κ1) is 6.08. The minimum Gasteiger partial charge on any atom is -0.328 e. The number of aromatic nitrogens is 1. The topological polar surface area (TPSA) is 32.9 Å². The molecular weight excluding hydrogens is 114 g/mol. The van der Waals surface area contributed by atoms with Crippen molar-refractivity contribution in [2.24, 2.45) is 0 Å². The third-order valence-corrected chi connectivity index (χ3v) is 1.31. The lowest BCUT2D eigenvalue weighted by Gasteiger charge is -1.92. The van der Waals surface area contributed by atoms with E-state index in [1.807, 2.05) is 13.8 Å². The molecule has 47 valence electrons. The van der Waals surface area contributed by atoms with Gasteiger partial charge in [-0.25, -0.2) is 0 Å². The number of H-pyrrole nitrogens is 1. The Hall–Kier alpha value is -1.05. The molecular formula is C7H8NO. The Bertz CT molecular complexity index is 262. The molecule has 0 saturated carbocycles. The summed E-state index contributed by atoms with van der Waals surface area (Å²) in [4.78, 5) is 13.1. The van der Waals surface area contributed by atoms with Gasteiger partial charge in [-0.05, 0) is 25.0 Å². The summed E-state index contributed by atoms with van der Waals surface area (Å²) in [5.74, 6) is 0. The number of pyridine rings is 1. The van der Waals surface area contributed by atoms with Crippen LogP contribution in [0.5, 0.6) is 0 Å². The molecule has 0 fully saturated rings. The van der Waals surface area contributed by atoms with Gasteiger partial charge in [0.15, 0.2) is 0 Å². The van der Waals surface area contributed by atoms with Gasteiger partial charge in [0, 0.05) is 6.20 Å². The summed E-state index contributed by atoms with van der Waals surface area (Å²) in [6.45, 7) is 3.80. The van der Waals surface area contributed by atoms with Crippen molar-refractivity contribution in [2.45, 2.75) is 13.8 Å². The van der Waals surface area contributed by atoms with Gasteiger partial charge in [-0.15, -0.1) is 0 Å². The van der Waals surface area contributed by atoms with E-state index in [-0.39, 0.29) is 5.56 Å². The van der Waals surface area contributed by atoms with Gasteiger partial charge in [-0.2, -0.15) is 0 Å². The van der Waals surface area contributed by atoms with E-state index in [1.54, 1.807) is 6.20 Å². The van der Waals surface area contributed by atoms with Crippen LogP contribution in [0.25, 0.3) is 0 Å². The molecule has 0 spiro atoms. The van der Waals surface area contributed by atoms with Crippen LogP contribution in [0.2, 0.25) is 0 Å². The Morgan fingerprint density at radius 3 is 2.67 bits per heavy atom. The predicted molar refractivity (Wildman–Crippen MR) is 35.4 cm³/mol. The molecule has 2 nitrogen and oxygen atoms in total. The second kappa shape index (κ2) is 2.05. The fourth-order valence-corrected chi connectivity index (χ4v) is 0.587. The van der Waals surface area contributed by atoms with Crippen molar-refractivity contribution >= 4 is 0 Å². The van der Waals surface area contributed by atoms with Crippen LogP contribution in [0, 0.1) is 19.9 Å². The van der Waals surface area contributed by atoms with Gasteiger partial charge in [0.1, 0.15) is 0 Å². The van der Waals surface area contributed by atoms with Gasteiger partial charge in [-0.3, -0.25) is 4.79 Å². The molecule has 0 aliphatic rings. The average molecular weight is 122 g/mol. The van der Waals surface area contributed by atoms with Crippen molar-refractivity contribution in [1.29, 1.82) is 0 Å². The highest BCUT2D eigenvalue weighted by Crippen LogP contribution is 1.96. The lowest BCUT2D eigenvalue weighted by atomic mass is 10.2. The maximum Gasteiger partial charge on any atom is 0.256 e. The first-order valence-electron chi connectivity index (χ1n) is 2.78. The molecule has 0 aliphatic carbocycles. The van der Waals surface area contributed by atoms with Crippen LogP contribution >= 0.6 is 0 Å².